The van der Waals surface area contributed by atoms with Gasteiger partial charge in [-0.2, -0.15) is 0 Å². The maximum Gasteiger partial charge on any atom is 0.238 e. The van der Waals surface area contributed by atoms with Gasteiger partial charge in [-0.15, -0.1) is 0 Å². The van der Waals surface area contributed by atoms with Crippen LogP contribution in [0.4, 0.5) is 5.69 Å². The number of likely N-dealkylation sites (N-methyl/N-ethyl adjacent to an activating group) is 2. The lowest BCUT2D eigenvalue weighted by Crippen LogP contribution is -2.40. The number of carbonyl (C=O) groups excluding carboxylic acids is 2. The predicted molar refractivity (Wildman–Crippen MR) is 99.3 cm³/mol. The summed E-state index contributed by atoms with van der Waals surface area (Å²) in [5, 5.41) is 2.97. The number of carbonyl (C=O) groups is 2. The number of rotatable bonds is 8. The zero-order chi connectivity index (χ0) is 18.3. The zero-order valence-electron chi connectivity index (χ0n) is 15.9. The second-order valence-corrected chi connectivity index (χ2v) is 6.66. The molecule has 134 valence electrons. The van der Waals surface area contributed by atoms with Crippen molar-refractivity contribution in [3.8, 4) is 0 Å². The lowest BCUT2D eigenvalue weighted by atomic mass is 10.1. The maximum absolute atomic E-state index is 12.3. The van der Waals surface area contributed by atoms with Crippen LogP contribution in [-0.4, -0.2) is 55.3 Å². The molecular weight excluding hydrogens is 302 g/mol. The van der Waals surface area contributed by atoms with E-state index in [1.807, 2.05) is 27.8 Å². The number of benzene rings is 1. The number of anilines is 1. The molecule has 0 heterocycles. The van der Waals surface area contributed by atoms with Gasteiger partial charge in [-0.25, -0.2) is 0 Å². The molecule has 1 N–H and O–H groups in total. The molecule has 1 rings (SSSR count). The number of hydrogen-bond acceptors (Lipinski definition) is 3. The molecule has 0 aliphatic rings. The minimum Gasteiger partial charge on any atom is -0.345 e. The quantitative estimate of drug-likeness (QED) is 0.796. The first-order valence-electron chi connectivity index (χ1n) is 8.54. The first-order valence-corrected chi connectivity index (χ1v) is 8.54. The summed E-state index contributed by atoms with van der Waals surface area (Å²) in [6.45, 7) is 9.33. The van der Waals surface area contributed by atoms with E-state index in [0.717, 1.165) is 36.2 Å². The van der Waals surface area contributed by atoms with Crippen LogP contribution >= 0.6 is 0 Å². The van der Waals surface area contributed by atoms with Gasteiger partial charge in [0.15, 0.2) is 0 Å². The molecule has 0 spiro atoms. The highest BCUT2D eigenvalue weighted by atomic mass is 16.2. The molecule has 0 unspecified atom stereocenters. The van der Waals surface area contributed by atoms with Crippen molar-refractivity contribution in [2.45, 2.75) is 40.5 Å². The van der Waals surface area contributed by atoms with Crippen molar-refractivity contribution < 1.29 is 9.59 Å². The molecule has 0 bridgehead atoms. The molecule has 0 radical (unpaired) electrons. The Labute approximate surface area is 146 Å². The van der Waals surface area contributed by atoms with E-state index in [0.29, 0.717) is 0 Å². The predicted octanol–water partition coefficient (Wildman–Crippen LogP) is 2.74. The average molecular weight is 333 g/mol. The summed E-state index contributed by atoms with van der Waals surface area (Å²) in [7, 11) is 3.60. The van der Waals surface area contributed by atoms with E-state index in [-0.39, 0.29) is 24.9 Å². The SMILES string of the molecule is CCCCN(C)C(=O)CN(C)CC(=O)Nc1c(C)cc(C)cc1C. The van der Waals surface area contributed by atoms with Crippen molar-refractivity contribution in [1.82, 2.24) is 9.80 Å². The van der Waals surface area contributed by atoms with E-state index in [2.05, 4.69) is 24.4 Å². The second-order valence-electron chi connectivity index (χ2n) is 6.66. The lowest BCUT2D eigenvalue weighted by Gasteiger charge is -2.22. The maximum atomic E-state index is 12.3. The van der Waals surface area contributed by atoms with Crippen molar-refractivity contribution in [3.05, 3.63) is 28.8 Å². The van der Waals surface area contributed by atoms with Gasteiger partial charge in [0.1, 0.15) is 0 Å². The third kappa shape index (κ3) is 6.32. The van der Waals surface area contributed by atoms with Gasteiger partial charge in [-0.1, -0.05) is 31.0 Å². The fraction of sp³-hybridized carbons (Fsp3) is 0.579. The molecule has 2 amide bonds. The number of hydrogen-bond donors (Lipinski definition) is 1. The monoisotopic (exact) mass is 333 g/mol. The molecule has 0 aliphatic carbocycles. The van der Waals surface area contributed by atoms with Crippen LogP contribution in [0.3, 0.4) is 0 Å². The molecule has 1 aromatic rings. The smallest absolute Gasteiger partial charge is 0.238 e. The molecule has 0 fully saturated rings. The van der Waals surface area contributed by atoms with Gasteiger partial charge in [0.05, 0.1) is 13.1 Å². The number of unbranched alkanes of at least 4 members (excludes halogenated alkanes) is 1. The number of nitrogens with one attached hydrogen (secondary N) is 1. The number of amides is 2. The summed E-state index contributed by atoms with van der Waals surface area (Å²) < 4.78 is 0. The Kier molecular flexibility index (Phi) is 7.92. The average Bonchev–Trinajstić information content (AvgIpc) is 2.48. The second kappa shape index (κ2) is 9.42. The fourth-order valence-electron chi connectivity index (χ4n) is 2.73. The van der Waals surface area contributed by atoms with E-state index >= 15 is 0 Å². The van der Waals surface area contributed by atoms with Crippen LogP contribution < -0.4 is 5.32 Å². The van der Waals surface area contributed by atoms with Crippen molar-refractivity contribution in [1.29, 1.82) is 0 Å². The van der Waals surface area contributed by atoms with Crippen LogP contribution in [0, 0.1) is 20.8 Å². The largest absolute Gasteiger partial charge is 0.345 e. The molecular formula is C19H31N3O2. The first-order chi connectivity index (χ1) is 11.2. The van der Waals surface area contributed by atoms with Crippen LogP contribution in [0.15, 0.2) is 12.1 Å². The summed E-state index contributed by atoms with van der Waals surface area (Å²) in [5.74, 6) is -0.0574. The Morgan fingerprint density at radius 2 is 1.62 bits per heavy atom. The van der Waals surface area contributed by atoms with Crippen LogP contribution in [0.2, 0.25) is 0 Å². The fourth-order valence-corrected chi connectivity index (χ4v) is 2.73. The molecule has 1 aromatic carbocycles. The topological polar surface area (TPSA) is 52.7 Å². The van der Waals surface area contributed by atoms with Gasteiger partial charge in [0, 0.05) is 19.3 Å². The molecule has 0 aliphatic heterocycles. The standard InChI is InChI=1S/C19H31N3O2/c1-7-8-9-22(6)18(24)13-21(5)12-17(23)20-19-15(3)10-14(2)11-16(19)4/h10-11H,7-9,12-13H2,1-6H3,(H,20,23). The zero-order valence-corrected chi connectivity index (χ0v) is 15.9. The van der Waals surface area contributed by atoms with Gasteiger partial charge in [0.25, 0.3) is 0 Å². The van der Waals surface area contributed by atoms with E-state index in [9.17, 15) is 9.59 Å². The minimum absolute atomic E-state index is 0.0430. The molecule has 0 saturated carbocycles. The summed E-state index contributed by atoms with van der Waals surface area (Å²) in [5.41, 5.74) is 4.16. The molecule has 24 heavy (non-hydrogen) atoms. The van der Waals surface area contributed by atoms with Gasteiger partial charge >= 0.3 is 0 Å². The number of nitrogens with zero attached hydrogens (tertiary/aromatic N) is 2. The van der Waals surface area contributed by atoms with Crippen molar-refractivity contribution in [3.63, 3.8) is 0 Å². The van der Waals surface area contributed by atoms with Crippen LogP contribution in [0.5, 0.6) is 0 Å². The molecule has 0 saturated heterocycles. The van der Waals surface area contributed by atoms with Gasteiger partial charge in [0.2, 0.25) is 11.8 Å². The molecule has 5 heteroatoms. The van der Waals surface area contributed by atoms with Crippen molar-refractivity contribution >= 4 is 17.5 Å². The van der Waals surface area contributed by atoms with Gasteiger partial charge in [-0.05, 0) is 45.4 Å². The summed E-state index contributed by atoms with van der Waals surface area (Å²) >= 11 is 0. The third-order valence-electron chi connectivity index (χ3n) is 4.03. The third-order valence-corrected chi connectivity index (χ3v) is 4.03. The molecule has 5 nitrogen and oxygen atoms in total. The van der Waals surface area contributed by atoms with Crippen molar-refractivity contribution in [2.24, 2.45) is 0 Å². The Morgan fingerprint density at radius 3 is 2.17 bits per heavy atom. The Bertz CT molecular complexity index is 561. The summed E-state index contributed by atoms with van der Waals surface area (Å²) in [6.07, 6.45) is 2.06. The van der Waals surface area contributed by atoms with Crippen LogP contribution in [-0.2, 0) is 9.59 Å². The Hall–Kier alpha value is -1.88. The van der Waals surface area contributed by atoms with E-state index in [1.165, 1.54) is 5.56 Å². The van der Waals surface area contributed by atoms with Gasteiger partial charge < -0.3 is 10.2 Å². The van der Waals surface area contributed by atoms with Crippen LogP contribution in [0.25, 0.3) is 0 Å². The summed E-state index contributed by atoms with van der Waals surface area (Å²) in [4.78, 5) is 27.8. The molecule has 0 aromatic heterocycles. The highest BCUT2D eigenvalue weighted by Crippen LogP contribution is 2.21. The van der Waals surface area contributed by atoms with E-state index in [1.54, 1.807) is 16.8 Å². The Morgan fingerprint density at radius 1 is 1.04 bits per heavy atom. The number of aryl methyl sites for hydroxylation is 3. The summed E-state index contributed by atoms with van der Waals surface area (Å²) in [6, 6.07) is 4.11. The highest BCUT2D eigenvalue weighted by molar-refractivity contribution is 5.94. The molecule has 0 atom stereocenters. The first kappa shape index (κ1) is 20.2. The van der Waals surface area contributed by atoms with Crippen molar-refractivity contribution in [2.75, 3.05) is 39.0 Å². The van der Waals surface area contributed by atoms with Crippen LogP contribution in [0.1, 0.15) is 36.5 Å². The van der Waals surface area contributed by atoms with E-state index < -0.39 is 0 Å². The van der Waals surface area contributed by atoms with E-state index in [4.69, 9.17) is 0 Å². The Balaban J connectivity index is 2.54. The lowest BCUT2D eigenvalue weighted by molar-refractivity contribution is -0.131. The van der Waals surface area contributed by atoms with Gasteiger partial charge in [-0.3, -0.25) is 14.5 Å². The highest BCUT2D eigenvalue weighted by Gasteiger charge is 2.15. The minimum atomic E-state index is -0.100. The normalized spacial score (nSPS) is 10.8.